The van der Waals surface area contributed by atoms with Crippen LogP contribution < -0.4 is 10.5 Å². The summed E-state index contributed by atoms with van der Waals surface area (Å²) < 4.78 is 7.06. The molecule has 1 aromatic heterocycles. The van der Waals surface area contributed by atoms with Gasteiger partial charge in [0.15, 0.2) is 0 Å². The Morgan fingerprint density at radius 3 is 2.27 bits per heavy atom. The second-order valence-corrected chi connectivity index (χ2v) is 5.85. The molecule has 1 heterocycles. The molecule has 5 nitrogen and oxygen atoms in total. The lowest BCUT2D eigenvalue weighted by Crippen LogP contribution is -2.10. The van der Waals surface area contributed by atoms with Gasteiger partial charge < -0.3 is 10.5 Å². The maximum Gasteiger partial charge on any atom is 0.118 e. The van der Waals surface area contributed by atoms with Gasteiger partial charge in [-0.05, 0) is 42.0 Å². The van der Waals surface area contributed by atoms with Crippen LogP contribution in [0.25, 0.3) is 22.4 Å². The lowest BCUT2D eigenvalue weighted by atomic mass is 10.0. The van der Waals surface area contributed by atoms with Crippen molar-refractivity contribution >= 4 is 22.4 Å². The molecule has 4 rings (SSSR count). The van der Waals surface area contributed by atoms with Gasteiger partial charge in [-0.1, -0.05) is 47.7 Å². The van der Waals surface area contributed by atoms with Crippen LogP contribution in [0, 0.1) is 0 Å². The molecule has 0 atom stereocenters. The molecule has 0 unspecified atom stereocenters. The number of hydrogen-bond acceptors (Lipinski definition) is 4. The predicted molar refractivity (Wildman–Crippen MR) is 103 cm³/mol. The Bertz CT molecular complexity index is 1070. The van der Waals surface area contributed by atoms with Gasteiger partial charge in [-0.3, -0.25) is 0 Å². The Morgan fingerprint density at radius 1 is 0.846 bits per heavy atom. The number of nitrogens with zero attached hydrogens (tertiary/aromatic N) is 3. The largest absolute Gasteiger partial charge is 0.497 e. The van der Waals surface area contributed by atoms with Crippen LogP contribution in [0.3, 0.4) is 0 Å². The van der Waals surface area contributed by atoms with Crippen LogP contribution in [0.4, 0.5) is 0 Å². The lowest BCUT2D eigenvalue weighted by Gasteiger charge is -2.14. The molecule has 0 radical (unpaired) electrons. The average molecular weight is 342 g/mol. The summed E-state index contributed by atoms with van der Waals surface area (Å²) in [4.78, 5) is 0. The van der Waals surface area contributed by atoms with Crippen molar-refractivity contribution in [2.24, 2.45) is 5.73 Å². The van der Waals surface area contributed by atoms with Gasteiger partial charge in [-0.15, -0.1) is 5.10 Å². The molecule has 3 aromatic carbocycles. The summed E-state index contributed by atoms with van der Waals surface area (Å²) in [5.41, 5.74) is 11.6. The van der Waals surface area contributed by atoms with Crippen LogP contribution in [-0.4, -0.2) is 22.1 Å². The highest BCUT2D eigenvalue weighted by Crippen LogP contribution is 2.28. The van der Waals surface area contributed by atoms with Crippen molar-refractivity contribution in [3.63, 3.8) is 0 Å². The Kier molecular flexibility index (Phi) is 4.11. The van der Waals surface area contributed by atoms with Gasteiger partial charge >= 0.3 is 0 Å². The van der Waals surface area contributed by atoms with E-state index in [2.05, 4.69) is 10.3 Å². The molecule has 0 amide bonds. The lowest BCUT2D eigenvalue weighted by molar-refractivity contribution is 0.415. The number of ether oxygens (including phenoxy) is 1. The highest BCUT2D eigenvalue weighted by molar-refractivity contribution is 5.92. The number of hydrogen-bond donors (Lipinski definition) is 1. The summed E-state index contributed by atoms with van der Waals surface area (Å²) in [7, 11) is 1.65. The van der Waals surface area contributed by atoms with E-state index >= 15 is 0 Å². The SMILES string of the molecule is COc1ccc(C(=C(N)c2ccccc2)n2nnc3ccccc32)cc1. The van der Waals surface area contributed by atoms with Crippen molar-refractivity contribution in [2.75, 3.05) is 7.11 Å². The summed E-state index contributed by atoms with van der Waals surface area (Å²) in [6.07, 6.45) is 0. The fourth-order valence-corrected chi connectivity index (χ4v) is 2.93. The maximum atomic E-state index is 6.58. The average Bonchev–Trinajstić information content (AvgIpc) is 3.13. The molecule has 0 aliphatic carbocycles. The van der Waals surface area contributed by atoms with E-state index < -0.39 is 0 Å². The van der Waals surface area contributed by atoms with E-state index in [0.717, 1.165) is 33.6 Å². The topological polar surface area (TPSA) is 66.0 Å². The van der Waals surface area contributed by atoms with Crippen LogP contribution in [-0.2, 0) is 0 Å². The van der Waals surface area contributed by atoms with Crippen LogP contribution in [0.15, 0.2) is 78.9 Å². The van der Waals surface area contributed by atoms with Gasteiger partial charge in [0.05, 0.1) is 24.0 Å². The second-order valence-electron chi connectivity index (χ2n) is 5.85. The first-order valence-electron chi connectivity index (χ1n) is 8.28. The first-order valence-corrected chi connectivity index (χ1v) is 8.28. The third-order valence-electron chi connectivity index (χ3n) is 4.27. The molecule has 4 aromatic rings. The monoisotopic (exact) mass is 342 g/mol. The highest BCUT2D eigenvalue weighted by Gasteiger charge is 2.16. The van der Waals surface area contributed by atoms with Crippen LogP contribution >= 0.6 is 0 Å². The molecule has 26 heavy (non-hydrogen) atoms. The van der Waals surface area contributed by atoms with E-state index in [1.165, 1.54) is 0 Å². The van der Waals surface area contributed by atoms with E-state index in [1.54, 1.807) is 11.8 Å². The van der Waals surface area contributed by atoms with Gasteiger partial charge in [0.1, 0.15) is 11.3 Å². The minimum atomic E-state index is 0.631. The first kappa shape index (κ1) is 15.9. The zero-order valence-corrected chi connectivity index (χ0v) is 14.3. The first-order chi connectivity index (χ1) is 12.8. The number of fused-ring (bicyclic) bond motifs is 1. The molecular weight excluding hydrogens is 324 g/mol. The second kappa shape index (κ2) is 6.72. The van der Waals surface area contributed by atoms with E-state index in [9.17, 15) is 0 Å². The van der Waals surface area contributed by atoms with Gasteiger partial charge in [0.2, 0.25) is 0 Å². The Hall–Kier alpha value is -3.60. The number of nitrogens with two attached hydrogens (primary N) is 1. The molecule has 5 heteroatoms. The number of benzene rings is 3. The van der Waals surface area contributed by atoms with Crippen molar-refractivity contribution in [2.45, 2.75) is 0 Å². The normalized spacial score (nSPS) is 12.0. The fourth-order valence-electron chi connectivity index (χ4n) is 2.93. The molecule has 0 saturated heterocycles. The summed E-state index contributed by atoms with van der Waals surface area (Å²) in [5.74, 6) is 0.787. The maximum absolute atomic E-state index is 6.58. The zero-order valence-electron chi connectivity index (χ0n) is 14.3. The van der Waals surface area contributed by atoms with Crippen molar-refractivity contribution in [3.05, 3.63) is 90.0 Å². The Balaban J connectivity index is 1.98. The minimum Gasteiger partial charge on any atom is -0.497 e. The van der Waals surface area contributed by atoms with Gasteiger partial charge in [-0.2, -0.15) is 0 Å². The zero-order chi connectivity index (χ0) is 17.9. The molecule has 0 bridgehead atoms. The third-order valence-corrected chi connectivity index (χ3v) is 4.27. The van der Waals surface area contributed by atoms with E-state index in [4.69, 9.17) is 10.5 Å². The quantitative estimate of drug-likeness (QED) is 0.573. The standard InChI is InChI=1S/C21H18N4O/c1-26-17-13-11-16(12-14-17)21(20(22)15-7-3-2-4-8-15)25-19-10-6-5-9-18(19)23-24-25/h2-14H,22H2,1H3. The third kappa shape index (κ3) is 2.80. The molecule has 0 aliphatic rings. The molecular formula is C21H18N4O. The number of aromatic nitrogens is 3. The Labute approximate surface area is 151 Å². The number of methoxy groups -OCH3 is 1. The predicted octanol–water partition coefficient (Wildman–Crippen LogP) is 3.77. The van der Waals surface area contributed by atoms with Gasteiger partial charge in [0.25, 0.3) is 0 Å². The molecule has 2 N–H and O–H groups in total. The van der Waals surface area contributed by atoms with Crippen molar-refractivity contribution < 1.29 is 4.74 Å². The van der Waals surface area contributed by atoms with Crippen LogP contribution in [0.2, 0.25) is 0 Å². The van der Waals surface area contributed by atoms with Crippen LogP contribution in [0.5, 0.6) is 5.75 Å². The van der Waals surface area contributed by atoms with E-state index in [1.807, 2.05) is 78.9 Å². The van der Waals surface area contributed by atoms with Crippen molar-refractivity contribution in [1.29, 1.82) is 0 Å². The fraction of sp³-hybridized carbons (Fsp3) is 0.0476. The molecule has 0 spiro atoms. The van der Waals surface area contributed by atoms with E-state index in [-0.39, 0.29) is 0 Å². The molecule has 0 saturated carbocycles. The summed E-state index contributed by atoms with van der Waals surface area (Å²) >= 11 is 0. The summed E-state index contributed by atoms with van der Waals surface area (Å²) in [5, 5.41) is 8.63. The molecule has 0 fully saturated rings. The number of para-hydroxylation sites is 1. The minimum absolute atomic E-state index is 0.631. The molecule has 128 valence electrons. The highest BCUT2D eigenvalue weighted by atomic mass is 16.5. The van der Waals surface area contributed by atoms with Gasteiger partial charge in [-0.25, -0.2) is 4.68 Å². The van der Waals surface area contributed by atoms with Crippen molar-refractivity contribution in [1.82, 2.24) is 15.0 Å². The summed E-state index contributed by atoms with van der Waals surface area (Å²) in [6, 6.07) is 25.5. The Morgan fingerprint density at radius 2 is 1.54 bits per heavy atom. The summed E-state index contributed by atoms with van der Waals surface area (Å²) in [6.45, 7) is 0. The van der Waals surface area contributed by atoms with Gasteiger partial charge in [0, 0.05) is 5.56 Å². The number of rotatable bonds is 4. The smallest absolute Gasteiger partial charge is 0.118 e. The van der Waals surface area contributed by atoms with Crippen LogP contribution in [0.1, 0.15) is 11.1 Å². The van der Waals surface area contributed by atoms with E-state index in [0.29, 0.717) is 5.70 Å². The molecule has 0 aliphatic heterocycles. The van der Waals surface area contributed by atoms with Crippen molar-refractivity contribution in [3.8, 4) is 5.75 Å².